The van der Waals surface area contributed by atoms with Crippen LogP contribution in [0.1, 0.15) is 18.2 Å². The van der Waals surface area contributed by atoms with E-state index in [0.717, 1.165) is 30.0 Å². The van der Waals surface area contributed by atoms with Crippen molar-refractivity contribution in [3.63, 3.8) is 0 Å². The van der Waals surface area contributed by atoms with Gasteiger partial charge in [-0.25, -0.2) is 0 Å². The number of aryl methyl sites for hydroxylation is 2. The van der Waals surface area contributed by atoms with Crippen LogP contribution in [0, 0.1) is 0 Å². The van der Waals surface area contributed by atoms with Crippen LogP contribution < -0.4 is 10.1 Å². The summed E-state index contributed by atoms with van der Waals surface area (Å²) in [5.74, 6) is 0.917. The summed E-state index contributed by atoms with van der Waals surface area (Å²) in [6.07, 6.45) is 3.01. The highest BCUT2D eigenvalue weighted by Crippen LogP contribution is 2.28. The third kappa shape index (κ3) is 2.79. The molecule has 0 aliphatic heterocycles. The molecule has 4 heteroatoms. The molecule has 0 unspecified atom stereocenters. The van der Waals surface area contributed by atoms with Crippen LogP contribution in [0.3, 0.4) is 0 Å². The monoisotopic (exact) mass is 259 g/mol. The molecule has 0 bridgehead atoms. The molecule has 4 nitrogen and oxygen atoms in total. The van der Waals surface area contributed by atoms with Crippen LogP contribution in [0.25, 0.3) is 11.1 Å². The van der Waals surface area contributed by atoms with Gasteiger partial charge in [0.25, 0.3) is 0 Å². The fourth-order valence-corrected chi connectivity index (χ4v) is 2.31. The Morgan fingerprint density at radius 1 is 1.37 bits per heavy atom. The standard InChI is InChI=1S/C15H21N3O/c1-5-14-13(10-18(3)17-14)11-6-7-15(19-4)12(8-11)9-16-2/h6-8,10,16H,5,9H2,1-4H3. The number of aromatic nitrogens is 2. The Morgan fingerprint density at radius 3 is 2.79 bits per heavy atom. The quantitative estimate of drug-likeness (QED) is 0.896. The van der Waals surface area contributed by atoms with E-state index in [4.69, 9.17) is 4.74 Å². The maximum atomic E-state index is 5.39. The summed E-state index contributed by atoms with van der Waals surface area (Å²) in [5, 5.41) is 7.66. The Kier molecular flexibility index (Phi) is 4.22. The average molecular weight is 259 g/mol. The van der Waals surface area contributed by atoms with E-state index >= 15 is 0 Å². The second-order valence-electron chi connectivity index (χ2n) is 4.57. The predicted molar refractivity (Wildman–Crippen MR) is 77.3 cm³/mol. The number of hydrogen-bond donors (Lipinski definition) is 1. The lowest BCUT2D eigenvalue weighted by molar-refractivity contribution is 0.408. The van der Waals surface area contributed by atoms with Crippen LogP contribution in [-0.2, 0) is 20.0 Å². The predicted octanol–water partition coefficient (Wildman–Crippen LogP) is 2.38. The molecule has 0 atom stereocenters. The lowest BCUT2D eigenvalue weighted by Crippen LogP contribution is -2.06. The molecule has 1 aromatic heterocycles. The van der Waals surface area contributed by atoms with Gasteiger partial charge in [0.1, 0.15) is 5.75 Å². The minimum Gasteiger partial charge on any atom is -0.496 e. The molecule has 0 aliphatic rings. The van der Waals surface area contributed by atoms with Gasteiger partial charge in [-0.3, -0.25) is 4.68 Å². The zero-order valence-corrected chi connectivity index (χ0v) is 12.0. The van der Waals surface area contributed by atoms with Crippen LogP contribution in [0.5, 0.6) is 5.75 Å². The molecular formula is C15H21N3O. The third-order valence-corrected chi connectivity index (χ3v) is 3.20. The summed E-state index contributed by atoms with van der Waals surface area (Å²) < 4.78 is 7.26. The lowest BCUT2D eigenvalue weighted by Gasteiger charge is -2.10. The number of methoxy groups -OCH3 is 1. The van der Waals surface area contributed by atoms with Crippen molar-refractivity contribution in [2.45, 2.75) is 19.9 Å². The molecule has 1 N–H and O–H groups in total. The molecular weight excluding hydrogens is 238 g/mol. The molecule has 0 saturated carbocycles. The fourth-order valence-electron chi connectivity index (χ4n) is 2.31. The van der Waals surface area contributed by atoms with Crippen LogP contribution in [0.4, 0.5) is 0 Å². The van der Waals surface area contributed by atoms with E-state index in [1.54, 1.807) is 7.11 Å². The van der Waals surface area contributed by atoms with Crippen molar-refractivity contribution < 1.29 is 4.74 Å². The van der Waals surface area contributed by atoms with Gasteiger partial charge in [0.2, 0.25) is 0 Å². The van der Waals surface area contributed by atoms with Crippen molar-refractivity contribution >= 4 is 0 Å². The molecule has 0 aliphatic carbocycles. The minimum atomic E-state index is 0.790. The van der Waals surface area contributed by atoms with E-state index in [-0.39, 0.29) is 0 Å². The molecule has 1 aromatic carbocycles. The SMILES string of the molecule is CCc1nn(C)cc1-c1ccc(OC)c(CNC)c1. The number of benzene rings is 1. The van der Waals surface area contributed by atoms with Crippen molar-refractivity contribution in [3.8, 4) is 16.9 Å². The van der Waals surface area contributed by atoms with Crippen molar-refractivity contribution in [3.05, 3.63) is 35.7 Å². The summed E-state index contributed by atoms with van der Waals surface area (Å²) in [4.78, 5) is 0. The first-order chi connectivity index (χ1) is 9.19. The normalized spacial score (nSPS) is 10.7. The van der Waals surface area contributed by atoms with Crippen LogP contribution >= 0.6 is 0 Å². The van der Waals surface area contributed by atoms with E-state index < -0.39 is 0 Å². The van der Waals surface area contributed by atoms with Crippen molar-refractivity contribution in [1.29, 1.82) is 0 Å². The van der Waals surface area contributed by atoms with Gasteiger partial charge < -0.3 is 10.1 Å². The summed E-state index contributed by atoms with van der Waals surface area (Å²) in [6, 6.07) is 6.29. The molecule has 0 radical (unpaired) electrons. The van der Waals surface area contributed by atoms with E-state index in [1.807, 2.05) is 24.8 Å². The number of rotatable bonds is 5. The number of nitrogens with one attached hydrogen (secondary N) is 1. The van der Waals surface area contributed by atoms with Crippen LogP contribution in [0.15, 0.2) is 24.4 Å². The Balaban J connectivity index is 2.47. The number of nitrogens with zero attached hydrogens (tertiary/aromatic N) is 2. The Morgan fingerprint density at radius 2 is 2.16 bits per heavy atom. The summed E-state index contributed by atoms with van der Waals surface area (Å²) in [7, 11) is 5.60. The lowest BCUT2D eigenvalue weighted by atomic mass is 10.0. The molecule has 19 heavy (non-hydrogen) atoms. The third-order valence-electron chi connectivity index (χ3n) is 3.20. The van der Waals surface area contributed by atoms with Crippen molar-refractivity contribution in [1.82, 2.24) is 15.1 Å². The van der Waals surface area contributed by atoms with Gasteiger partial charge in [0.15, 0.2) is 0 Å². The van der Waals surface area contributed by atoms with Gasteiger partial charge in [-0.05, 0) is 31.2 Å². The van der Waals surface area contributed by atoms with Crippen molar-refractivity contribution in [2.24, 2.45) is 7.05 Å². The molecule has 0 spiro atoms. The van der Waals surface area contributed by atoms with Crippen molar-refractivity contribution in [2.75, 3.05) is 14.2 Å². The smallest absolute Gasteiger partial charge is 0.123 e. The zero-order valence-electron chi connectivity index (χ0n) is 12.0. The highest BCUT2D eigenvalue weighted by molar-refractivity contribution is 5.67. The summed E-state index contributed by atoms with van der Waals surface area (Å²) in [5.41, 5.74) is 4.68. The highest BCUT2D eigenvalue weighted by atomic mass is 16.5. The second kappa shape index (κ2) is 5.89. The first-order valence-corrected chi connectivity index (χ1v) is 6.54. The second-order valence-corrected chi connectivity index (χ2v) is 4.57. The van der Waals surface area contributed by atoms with E-state index in [0.29, 0.717) is 0 Å². The summed E-state index contributed by atoms with van der Waals surface area (Å²) >= 11 is 0. The largest absolute Gasteiger partial charge is 0.496 e. The Bertz CT molecular complexity index is 561. The number of ether oxygens (including phenoxy) is 1. The van der Waals surface area contributed by atoms with Crippen LogP contribution in [0.2, 0.25) is 0 Å². The first kappa shape index (κ1) is 13.6. The maximum absolute atomic E-state index is 5.39. The molecule has 0 fully saturated rings. The minimum absolute atomic E-state index is 0.790. The van der Waals surface area contributed by atoms with Gasteiger partial charge in [0, 0.05) is 30.9 Å². The highest BCUT2D eigenvalue weighted by Gasteiger charge is 2.11. The van der Waals surface area contributed by atoms with Gasteiger partial charge in [-0.1, -0.05) is 13.0 Å². The molecule has 0 amide bonds. The van der Waals surface area contributed by atoms with Crippen LogP contribution in [-0.4, -0.2) is 23.9 Å². The summed E-state index contributed by atoms with van der Waals surface area (Å²) in [6.45, 7) is 2.92. The van der Waals surface area contributed by atoms with Gasteiger partial charge >= 0.3 is 0 Å². The molecule has 1 heterocycles. The molecule has 102 valence electrons. The Hall–Kier alpha value is -1.81. The first-order valence-electron chi connectivity index (χ1n) is 6.54. The molecule has 2 aromatic rings. The van der Waals surface area contributed by atoms with Gasteiger partial charge in [0.05, 0.1) is 12.8 Å². The molecule has 0 saturated heterocycles. The van der Waals surface area contributed by atoms with E-state index in [9.17, 15) is 0 Å². The van der Waals surface area contributed by atoms with E-state index in [2.05, 4.69) is 35.7 Å². The fraction of sp³-hybridized carbons (Fsp3) is 0.400. The maximum Gasteiger partial charge on any atom is 0.123 e. The number of hydrogen-bond acceptors (Lipinski definition) is 3. The zero-order chi connectivity index (χ0) is 13.8. The van der Waals surface area contributed by atoms with Gasteiger partial charge in [-0.2, -0.15) is 5.10 Å². The van der Waals surface area contributed by atoms with Gasteiger partial charge in [-0.15, -0.1) is 0 Å². The molecule has 2 rings (SSSR count). The topological polar surface area (TPSA) is 39.1 Å². The van der Waals surface area contributed by atoms with E-state index in [1.165, 1.54) is 11.1 Å². The average Bonchev–Trinajstić information content (AvgIpc) is 2.80. The Labute approximate surface area is 114 Å².